The lowest BCUT2D eigenvalue weighted by molar-refractivity contribution is -0.119. The summed E-state index contributed by atoms with van der Waals surface area (Å²) in [7, 11) is -3.72. The van der Waals surface area contributed by atoms with Gasteiger partial charge in [0.2, 0.25) is 15.9 Å². The van der Waals surface area contributed by atoms with E-state index < -0.39 is 10.0 Å². The van der Waals surface area contributed by atoms with E-state index in [-0.39, 0.29) is 28.6 Å². The number of amides is 1. The predicted octanol–water partition coefficient (Wildman–Crippen LogP) is 0.316. The number of halogens is 1. The van der Waals surface area contributed by atoms with Crippen LogP contribution in [0.4, 0.5) is 5.69 Å². The molecule has 140 valence electrons. The fourth-order valence-corrected chi connectivity index (χ4v) is 4.08. The number of carbonyl (C=O) groups is 1. The molecule has 7 nitrogen and oxygen atoms in total. The molecule has 25 heavy (non-hydrogen) atoms. The molecule has 3 rings (SSSR count). The van der Waals surface area contributed by atoms with Gasteiger partial charge in [0.1, 0.15) is 0 Å². The largest absolute Gasteiger partial charge is 0.330 e. The van der Waals surface area contributed by atoms with Crippen LogP contribution in [0.3, 0.4) is 0 Å². The molecule has 0 spiro atoms. The lowest BCUT2D eigenvalue weighted by Crippen LogP contribution is -2.40. The number of carbonyl (C=O) groups excluding carboxylic acids is 1. The van der Waals surface area contributed by atoms with E-state index in [0.29, 0.717) is 26.1 Å². The van der Waals surface area contributed by atoms with Crippen molar-refractivity contribution in [3.8, 4) is 0 Å². The first kappa shape index (κ1) is 20.1. The van der Waals surface area contributed by atoms with Gasteiger partial charge in [0.05, 0.1) is 11.4 Å². The van der Waals surface area contributed by atoms with Crippen molar-refractivity contribution in [1.82, 2.24) is 4.90 Å². The van der Waals surface area contributed by atoms with E-state index >= 15 is 0 Å². The molecule has 0 bridgehead atoms. The van der Waals surface area contributed by atoms with E-state index in [1.807, 2.05) is 0 Å². The fraction of sp³-hybridized carbons (Fsp3) is 0.562. The molecule has 1 aromatic carbocycles. The van der Waals surface area contributed by atoms with E-state index in [0.717, 1.165) is 30.8 Å². The molecule has 1 saturated heterocycles. The molecular formula is C16H25ClN4O3S. The van der Waals surface area contributed by atoms with Crippen LogP contribution < -0.4 is 15.8 Å². The third kappa shape index (κ3) is 4.15. The van der Waals surface area contributed by atoms with Crippen molar-refractivity contribution in [3.63, 3.8) is 0 Å². The van der Waals surface area contributed by atoms with Crippen molar-refractivity contribution >= 4 is 34.0 Å². The van der Waals surface area contributed by atoms with Crippen LogP contribution in [0.5, 0.6) is 0 Å². The number of rotatable bonds is 4. The van der Waals surface area contributed by atoms with E-state index in [2.05, 4.69) is 11.8 Å². The molecule has 0 saturated carbocycles. The van der Waals surface area contributed by atoms with Crippen LogP contribution >= 0.6 is 12.4 Å². The van der Waals surface area contributed by atoms with Gasteiger partial charge in [-0.1, -0.05) is 6.92 Å². The highest BCUT2D eigenvalue weighted by Crippen LogP contribution is 2.31. The Balaban J connectivity index is 0.00000225. The van der Waals surface area contributed by atoms with Crippen molar-refractivity contribution in [2.75, 3.05) is 37.6 Å². The van der Waals surface area contributed by atoms with Gasteiger partial charge in [0, 0.05) is 18.8 Å². The highest BCUT2D eigenvalue weighted by molar-refractivity contribution is 7.89. The molecule has 1 unspecified atom stereocenters. The molecule has 0 aliphatic carbocycles. The van der Waals surface area contributed by atoms with Crippen LogP contribution in [-0.2, 0) is 21.2 Å². The van der Waals surface area contributed by atoms with E-state index in [1.165, 1.54) is 6.07 Å². The summed E-state index contributed by atoms with van der Waals surface area (Å²) in [5.74, 6) is 0.0402. The number of hydrogen-bond acceptors (Lipinski definition) is 5. The second kappa shape index (κ2) is 7.20. The Morgan fingerprint density at radius 1 is 1.32 bits per heavy atom. The molecule has 0 aromatic heterocycles. The van der Waals surface area contributed by atoms with Gasteiger partial charge in [-0.15, -0.1) is 12.4 Å². The van der Waals surface area contributed by atoms with Crippen LogP contribution in [-0.4, -0.2) is 51.9 Å². The van der Waals surface area contributed by atoms with Crippen LogP contribution in [0.15, 0.2) is 23.1 Å². The average Bonchev–Trinajstić information content (AvgIpc) is 3.10. The van der Waals surface area contributed by atoms with Crippen molar-refractivity contribution in [3.05, 3.63) is 23.8 Å². The Kier molecular flexibility index (Phi) is 5.80. The molecule has 2 heterocycles. The smallest absolute Gasteiger partial charge is 0.241 e. The van der Waals surface area contributed by atoms with E-state index in [1.54, 1.807) is 17.0 Å². The summed E-state index contributed by atoms with van der Waals surface area (Å²) in [6.45, 7) is 5.43. The van der Waals surface area contributed by atoms with E-state index in [4.69, 9.17) is 10.9 Å². The van der Waals surface area contributed by atoms with Gasteiger partial charge in [0.25, 0.3) is 0 Å². The first-order valence-electron chi connectivity index (χ1n) is 8.10. The third-order valence-corrected chi connectivity index (χ3v) is 5.98. The molecule has 1 fully saturated rings. The standard InChI is InChI=1S/C16H24N4O3S.ClH/c1-16(10-17)5-7-19(11-16)9-15(21)20-6-4-12-8-13(24(18,22)23)2-3-14(12)20;/h2-3,8H,4-7,9-11,17H2,1H3,(H2,18,22,23);1H. The molecule has 1 aromatic rings. The summed E-state index contributed by atoms with van der Waals surface area (Å²) in [6.07, 6.45) is 1.65. The van der Waals surface area contributed by atoms with Crippen molar-refractivity contribution in [2.24, 2.45) is 16.3 Å². The SMILES string of the molecule is CC1(CN)CCN(CC(=O)N2CCc3cc(S(N)(=O)=O)ccc32)C1.Cl. The molecule has 1 atom stereocenters. The highest BCUT2D eigenvalue weighted by atomic mass is 35.5. The first-order valence-corrected chi connectivity index (χ1v) is 9.65. The highest BCUT2D eigenvalue weighted by Gasteiger charge is 2.35. The van der Waals surface area contributed by atoms with Gasteiger partial charge < -0.3 is 10.6 Å². The summed E-state index contributed by atoms with van der Waals surface area (Å²) >= 11 is 0. The summed E-state index contributed by atoms with van der Waals surface area (Å²) < 4.78 is 22.9. The Morgan fingerprint density at radius 2 is 2.04 bits per heavy atom. The maximum absolute atomic E-state index is 12.7. The first-order chi connectivity index (χ1) is 11.2. The normalized spacial score (nSPS) is 23.4. The van der Waals surface area contributed by atoms with Gasteiger partial charge in [-0.05, 0) is 55.1 Å². The summed E-state index contributed by atoms with van der Waals surface area (Å²) in [6, 6.07) is 4.70. The zero-order valence-corrected chi connectivity index (χ0v) is 15.9. The predicted molar refractivity (Wildman–Crippen MR) is 99.3 cm³/mol. The van der Waals surface area contributed by atoms with Gasteiger partial charge >= 0.3 is 0 Å². The zero-order valence-electron chi connectivity index (χ0n) is 14.3. The number of nitrogens with two attached hydrogens (primary N) is 2. The minimum Gasteiger partial charge on any atom is -0.330 e. The molecule has 0 radical (unpaired) electrons. The summed E-state index contributed by atoms with van der Waals surface area (Å²) in [5, 5.41) is 5.17. The number of anilines is 1. The number of fused-ring (bicyclic) bond motifs is 1. The van der Waals surface area contributed by atoms with E-state index in [9.17, 15) is 13.2 Å². The molecule has 4 N–H and O–H groups in total. The molecule has 9 heteroatoms. The number of benzene rings is 1. The Morgan fingerprint density at radius 3 is 2.64 bits per heavy atom. The second-order valence-electron chi connectivity index (χ2n) is 7.11. The minimum absolute atomic E-state index is 0. The Bertz CT molecular complexity index is 771. The van der Waals surface area contributed by atoms with Crippen molar-refractivity contribution in [2.45, 2.75) is 24.7 Å². The number of nitrogens with zero attached hydrogens (tertiary/aromatic N) is 2. The molecule has 2 aliphatic rings. The maximum atomic E-state index is 12.7. The molecule has 1 amide bonds. The quantitative estimate of drug-likeness (QED) is 0.771. The van der Waals surface area contributed by atoms with Crippen molar-refractivity contribution < 1.29 is 13.2 Å². The number of likely N-dealkylation sites (tertiary alicyclic amines) is 1. The minimum atomic E-state index is -3.72. The van der Waals surface area contributed by atoms with Gasteiger partial charge in [0.15, 0.2) is 0 Å². The van der Waals surface area contributed by atoms with Crippen LogP contribution in [0.2, 0.25) is 0 Å². The topological polar surface area (TPSA) is 110 Å². The molecular weight excluding hydrogens is 364 g/mol. The average molecular weight is 389 g/mol. The lowest BCUT2D eigenvalue weighted by Gasteiger charge is -2.24. The van der Waals surface area contributed by atoms with Gasteiger partial charge in [-0.25, -0.2) is 13.6 Å². The zero-order chi connectivity index (χ0) is 17.5. The van der Waals surface area contributed by atoms with Crippen LogP contribution in [0.25, 0.3) is 0 Å². The van der Waals surface area contributed by atoms with Crippen LogP contribution in [0.1, 0.15) is 18.9 Å². The maximum Gasteiger partial charge on any atom is 0.241 e. The Labute approximate surface area is 154 Å². The second-order valence-corrected chi connectivity index (χ2v) is 8.67. The van der Waals surface area contributed by atoms with Crippen molar-refractivity contribution in [1.29, 1.82) is 0 Å². The summed E-state index contributed by atoms with van der Waals surface area (Å²) in [4.78, 5) is 16.6. The third-order valence-electron chi connectivity index (χ3n) is 5.06. The van der Waals surface area contributed by atoms with Gasteiger partial charge in [-0.3, -0.25) is 9.69 Å². The number of sulfonamides is 1. The fourth-order valence-electron chi connectivity index (χ4n) is 3.52. The number of primary sulfonamides is 1. The monoisotopic (exact) mass is 388 g/mol. The van der Waals surface area contributed by atoms with Gasteiger partial charge in [-0.2, -0.15) is 0 Å². The molecule has 2 aliphatic heterocycles. The Hall–Kier alpha value is -1.19. The van der Waals surface area contributed by atoms with Crippen LogP contribution in [0, 0.1) is 5.41 Å². The summed E-state index contributed by atoms with van der Waals surface area (Å²) in [5.41, 5.74) is 7.54. The lowest BCUT2D eigenvalue weighted by atomic mass is 9.90. The number of hydrogen-bond donors (Lipinski definition) is 2.